The van der Waals surface area contributed by atoms with E-state index >= 15 is 0 Å². The molecule has 0 bridgehead atoms. The molecule has 0 aromatic carbocycles. The van der Waals surface area contributed by atoms with Gasteiger partial charge in [-0.2, -0.15) is 0 Å². The molecule has 1 aliphatic heterocycles. The Morgan fingerprint density at radius 1 is 1.41 bits per heavy atom. The summed E-state index contributed by atoms with van der Waals surface area (Å²) in [5.41, 5.74) is 6.44. The molecule has 1 saturated carbocycles. The Labute approximate surface area is 106 Å². The lowest BCUT2D eigenvalue weighted by Gasteiger charge is -2.41. The van der Waals surface area contributed by atoms with Crippen molar-refractivity contribution >= 4 is 0 Å². The highest BCUT2D eigenvalue weighted by Crippen LogP contribution is 2.37. The Morgan fingerprint density at radius 3 is 2.53 bits per heavy atom. The molecule has 1 saturated heterocycles. The molecule has 1 unspecified atom stereocenters. The quantitative estimate of drug-likeness (QED) is 0.765. The van der Waals surface area contributed by atoms with Crippen LogP contribution < -0.4 is 5.73 Å². The topological polar surface area (TPSA) is 32.5 Å². The SMILES string of the molecule is CCCN(C1CC1)C1(CN)CCN(C(C)C)C1. The van der Waals surface area contributed by atoms with E-state index < -0.39 is 0 Å². The highest BCUT2D eigenvalue weighted by Gasteiger charge is 2.47. The first-order chi connectivity index (χ1) is 8.13. The number of hydrogen-bond donors (Lipinski definition) is 1. The summed E-state index contributed by atoms with van der Waals surface area (Å²) in [5.74, 6) is 0. The van der Waals surface area contributed by atoms with Crippen LogP contribution >= 0.6 is 0 Å². The predicted octanol–water partition coefficient (Wildman–Crippen LogP) is 1.67. The van der Waals surface area contributed by atoms with Gasteiger partial charge in [0.15, 0.2) is 0 Å². The summed E-state index contributed by atoms with van der Waals surface area (Å²) >= 11 is 0. The molecule has 0 aromatic heterocycles. The lowest BCUT2D eigenvalue weighted by atomic mass is 9.95. The average Bonchev–Trinajstić information content (AvgIpc) is 3.04. The lowest BCUT2D eigenvalue weighted by Crippen LogP contribution is -2.57. The van der Waals surface area contributed by atoms with Crippen LogP contribution in [-0.4, -0.2) is 53.6 Å². The Kier molecular flexibility index (Phi) is 4.11. The van der Waals surface area contributed by atoms with Gasteiger partial charge in [-0.1, -0.05) is 6.92 Å². The highest BCUT2D eigenvalue weighted by atomic mass is 15.3. The molecule has 0 aromatic rings. The van der Waals surface area contributed by atoms with Gasteiger partial charge in [-0.05, 0) is 46.1 Å². The fourth-order valence-electron chi connectivity index (χ4n) is 3.28. The molecule has 1 aliphatic carbocycles. The third-order valence-electron chi connectivity index (χ3n) is 4.53. The molecule has 2 fully saturated rings. The van der Waals surface area contributed by atoms with E-state index in [-0.39, 0.29) is 5.54 Å². The lowest BCUT2D eigenvalue weighted by molar-refractivity contribution is 0.0854. The Hall–Kier alpha value is -0.120. The van der Waals surface area contributed by atoms with Crippen molar-refractivity contribution < 1.29 is 0 Å². The molecule has 3 nitrogen and oxygen atoms in total. The third-order valence-corrected chi connectivity index (χ3v) is 4.53. The standard InChI is InChI=1S/C14H29N3/c1-4-8-17(13-5-6-13)14(10-15)7-9-16(11-14)12(2)3/h12-13H,4-11,15H2,1-3H3. The first-order valence-electron chi connectivity index (χ1n) is 7.34. The first kappa shape index (κ1) is 13.3. The van der Waals surface area contributed by atoms with E-state index in [1.165, 1.54) is 45.3 Å². The Bertz CT molecular complexity index is 250. The molecule has 3 heteroatoms. The molecular formula is C14H29N3. The van der Waals surface area contributed by atoms with E-state index in [1.807, 2.05) is 0 Å². The van der Waals surface area contributed by atoms with Crippen LogP contribution in [0.25, 0.3) is 0 Å². The zero-order valence-corrected chi connectivity index (χ0v) is 11.8. The van der Waals surface area contributed by atoms with E-state index in [0.717, 1.165) is 12.6 Å². The van der Waals surface area contributed by atoms with Crippen LogP contribution in [0, 0.1) is 0 Å². The van der Waals surface area contributed by atoms with Crippen molar-refractivity contribution in [3.63, 3.8) is 0 Å². The van der Waals surface area contributed by atoms with Crippen molar-refractivity contribution in [1.29, 1.82) is 0 Å². The van der Waals surface area contributed by atoms with Crippen LogP contribution in [0.5, 0.6) is 0 Å². The van der Waals surface area contributed by atoms with Crippen molar-refractivity contribution in [1.82, 2.24) is 9.80 Å². The first-order valence-corrected chi connectivity index (χ1v) is 7.34. The molecule has 1 atom stereocenters. The fourth-order valence-corrected chi connectivity index (χ4v) is 3.28. The van der Waals surface area contributed by atoms with Crippen molar-refractivity contribution in [3.05, 3.63) is 0 Å². The van der Waals surface area contributed by atoms with Crippen LogP contribution in [0.3, 0.4) is 0 Å². The third kappa shape index (κ3) is 2.67. The Balaban J connectivity index is 2.07. The van der Waals surface area contributed by atoms with Gasteiger partial charge < -0.3 is 5.73 Å². The molecule has 0 amide bonds. The van der Waals surface area contributed by atoms with E-state index in [9.17, 15) is 0 Å². The summed E-state index contributed by atoms with van der Waals surface area (Å²) in [4.78, 5) is 5.34. The molecule has 2 N–H and O–H groups in total. The Morgan fingerprint density at radius 2 is 2.12 bits per heavy atom. The summed E-state index contributed by atoms with van der Waals surface area (Å²) < 4.78 is 0. The van der Waals surface area contributed by atoms with E-state index in [0.29, 0.717) is 6.04 Å². The van der Waals surface area contributed by atoms with Crippen LogP contribution in [0.2, 0.25) is 0 Å². The minimum atomic E-state index is 0.279. The second kappa shape index (κ2) is 5.25. The van der Waals surface area contributed by atoms with Gasteiger partial charge in [0.25, 0.3) is 0 Å². The highest BCUT2D eigenvalue weighted by molar-refractivity contribution is 5.05. The molecule has 17 heavy (non-hydrogen) atoms. The summed E-state index contributed by atoms with van der Waals surface area (Å²) in [7, 11) is 0. The molecule has 0 spiro atoms. The van der Waals surface area contributed by atoms with Crippen molar-refractivity contribution in [2.24, 2.45) is 5.73 Å². The minimum absolute atomic E-state index is 0.279. The molecule has 1 heterocycles. The number of nitrogens with zero attached hydrogens (tertiary/aromatic N) is 2. The number of rotatable bonds is 6. The average molecular weight is 239 g/mol. The second-order valence-electron chi connectivity index (χ2n) is 6.17. The summed E-state index contributed by atoms with van der Waals surface area (Å²) in [6.45, 7) is 11.3. The molecule has 0 radical (unpaired) electrons. The molecule has 100 valence electrons. The fraction of sp³-hybridized carbons (Fsp3) is 1.00. The van der Waals surface area contributed by atoms with Crippen molar-refractivity contribution in [3.8, 4) is 0 Å². The van der Waals surface area contributed by atoms with Crippen LogP contribution in [0.15, 0.2) is 0 Å². The normalized spacial score (nSPS) is 30.7. The van der Waals surface area contributed by atoms with E-state index in [4.69, 9.17) is 5.73 Å². The van der Waals surface area contributed by atoms with Crippen LogP contribution in [-0.2, 0) is 0 Å². The van der Waals surface area contributed by atoms with Crippen LogP contribution in [0.1, 0.15) is 46.5 Å². The maximum absolute atomic E-state index is 6.16. The van der Waals surface area contributed by atoms with Gasteiger partial charge in [0.2, 0.25) is 0 Å². The molecular weight excluding hydrogens is 210 g/mol. The van der Waals surface area contributed by atoms with Gasteiger partial charge in [0, 0.05) is 37.3 Å². The summed E-state index contributed by atoms with van der Waals surface area (Å²) in [6, 6.07) is 1.50. The molecule has 2 aliphatic rings. The van der Waals surface area contributed by atoms with Crippen molar-refractivity contribution in [2.75, 3.05) is 26.2 Å². The summed E-state index contributed by atoms with van der Waals surface area (Å²) in [5, 5.41) is 0. The van der Waals surface area contributed by atoms with Gasteiger partial charge in [-0.15, -0.1) is 0 Å². The largest absolute Gasteiger partial charge is 0.329 e. The van der Waals surface area contributed by atoms with E-state index in [2.05, 4.69) is 30.6 Å². The zero-order chi connectivity index (χ0) is 12.5. The number of likely N-dealkylation sites (tertiary alicyclic amines) is 1. The zero-order valence-electron chi connectivity index (χ0n) is 11.8. The predicted molar refractivity (Wildman–Crippen MR) is 73.1 cm³/mol. The maximum Gasteiger partial charge on any atom is 0.0473 e. The number of nitrogens with two attached hydrogens (primary N) is 1. The van der Waals surface area contributed by atoms with Gasteiger partial charge in [-0.3, -0.25) is 9.80 Å². The number of hydrogen-bond acceptors (Lipinski definition) is 3. The van der Waals surface area contributed by atoms with Gasteiger partial charge in [0.1, 0.15) is 0 Å². The molecule has 2 rings (SSSR count). The minimum Gasteiger partial charge on any atom is -0.329 e. The van der Waals surface area contributed by atoms with Gasteiger partial charge in [-0.25, -0.2) is 0 Å². The van der Waals surface area contributed by atoms with Crippen LogP contribution in [0.4, 0.5) is 0 Å². The van der Waals surface area contributed by atoms with E-state index in [1.54, 1.807) is 0 Å². The smallest absolute Gasteiger partial charge is 0.0473 e. The maximum atomic E-state index is 6.16. The van der Waals surface area contributed by atoms with Gasteiger partial charge >= 0.3 is 0 Å². The second-order valence-corrected chi connectivity index (χ2v) is 6.17. The monoisotopic (exact) mass is 239 g/mol. The van der Waals surface area contributed by atoms with Gasteiger partial charge in [0.05, 0.1) is 0 Å². The summed E-state index contributed by atoms with van der Waals surface area (Å²) in [6.07, 6.45) is 5.30. The van der Waals surface area contributed by atoms with Crippen molar-refractivity contribution in [2.45, 2.75) is 64.1 Å².